The quantitative estimate of drug-likeness (QED) is 0.484. The second-order valence-electron chi connectivity index (χ2n) is 3.93. The SMILES string of the molecule is CC(=NOC(C)O)c1ccc(OC(C)C)nc1. The van der Waals surface area contributed by atoms with Crippen molar-refractivity contribution in [2.45, 2.75) is 40.1 Å². The van der Waals surface area contributed by atoms with E-state index in [0.717, 1.165) is 5.56 Å². The van der Waals surface area contributed by atoms with Gasteiger partial charge < -0.3 is 14.7 Å². The van der Waals surface area contributed by atoms with E-state index in [9.17, 15) is 0 Å². The molecular formula is C12H18N2O3. The summed E-state index contributed by atoms with van der Waals surface area (Å²) in [5, 5.41) is 12.7. The first-order valence-corrected chi connectivity index (χ1v) is 5.50. The summed E-state index contributed by atoms with van der Waals surface area (Å²) in [4.78, 5) is 8.88. The van der Waals surface area contributed by atoms with Crippen LogP contribution in [0.5, 0.6) is 5.88 Å². The molecule has 1 aromatic heterocycles. The zero-order valence-electron chi connectivity index (χ0n) is 10.5. The molecule has 0 aliphatic rings. The Morgan fingerprint density at radius 2 is 2.06 bits per heavy atom. The number of pyridine rings is 1. The van der Waals surface area contributed by atoms with Gasteiger partial charge in [-0.2, -0.15) is 0 Å². The minimum Gasteiger partial charge on any atom is -0.475 e. The maximum atomic E-state index is 8.93. The number of hydrogen-bond acceptors (Lipinski definition) is 5. The van der Waals surface area contributed by atoms with Gasteiger partial charge in [-0.25, -0.2) is 4.98 Å². The lowest BCUT2D eigenvalue weighted by atomic mass is 10.2. The molecule has 1 rings (SSSR count). The summed E-state index contributed by atoms with van der Waals surface area (Å²) in [6.45, 7) is 7.16. The van der Waals surface area contributed by atoms with Crippen molar-refractivity contribution in [1.29, 1.82) is 0 Å². The van der Waals surface area contributed by atoms with Crippen molar-refractivity contribution >= 4 is 5.71 Å². The Balaban J connectivity index is 2.70. The molecule has 5 heteroatoms. The fourth-order valence-electron chi connectivity index (χ4n) is 1.11. The summed E-state index contributed by atoms with van der Waals surface area (Å²) < 4.78 is 5.42. The lowest BCUT2D eigenvalue weighted by Crippen LogP contribution is -2.08. The minimum atomic E-state index is -0.915. The molecule has 1 aromatic rings. The van der Waals surface area contributed by atoms with E-state index in [1.807, 2.05) is 19.9 Å². The predicted octanol–water partition coefficient (Wildman–Crippen LogP) is 1.95. The summed E-state index contributed by atoms with van der Waals surface area (Å²) in [7, 11) is 0. The third-order valence-corrected chi connectivity index (χ3v) is 1.85. The van der Waals surface area contributed by atoms with Crippen LogP contribution in [0.4, 0.5) is 0 Å². The number of ether oxygens (including phenoxy) is 1. The molecule has 0 aromatic carbocycles. The zero-order chi connectivity index (χ0) is 12.8. The summed E-state index contributed by atoms with van der Waals surface area (Å²) in [6.07, 6.45) is 0.838. The molecule has 17 heavy (non-hydrogen) atoms. The van der Waals surface area contributed by atoms with Crippen molar-refractivity contribution in [3.05, 3.63) is 23.9 Å². The monoisotopic (exact) mass is 238 g/mol. The van der Waals surface area contributed by atoms with Crippen LogP contribution in [0, 0.1) is 0 Å². The molecule has 0 fully saturated rings. The molecule has 94 valence electrons. The lowest BCUT2D eigenvalue weighted by molar-refractivity contribution is -0.0837. The summed E-state index contributed by atoms with van der Waals surface area (Å²) in [5.41, 5.74) is 1.47. The maximum absolute atomic E-state index is 8.93. The molecule has 0 spiro atoms. The smallest absolute Gasteiger partial charge is 0.221 e. The highest BCUT2D eigenvalue weighted by Gasteiger charge is 2.03. The second-order valence-corrected chi connectivity index (χ2v) is 3.93. The molecule has 0 saturated carbocycles. The van der Waals surface area contributed by atoms with Gasteiger partial charge in [-0.1, -0.05) is 5.16 Å². The second kappa shape index (κ2) is 6.20. The fraction of sp³-hybridized carbons (Fsp3) is 0.500. The zero-order valence-corrected chi connectivity index (χ0v) is 10.5. The van der Waals surface area contributed by atoms with E-state index in [4.69, 9.17) is 14.7 Å². The lowest BCUT2D eigenvalue weighted by Gasteiger charge is -2.09. The minimum absolute atomic E-state index is 0.0988. The molecule has 0 aliphatic carbocycles. The van der Waals surface area contributed by atoms with Gasteiger partial charge in [0.1, 0.15) is 0 Å². The van der Waals surface area contributed by atoms with E-state index in [0.29, 0.717) is 11.6 Å². The predicted molar refractivity (Wildman–Crippen MR) is 65.0 cm³/mol. The number of oxime groups is 1. The molecule has 1 N–H and O–H groups in total. The van der Waals surface area contributed by atoms with E-state index in [1.165, 1.54) is 6.92 Å². The van der Waals surface area contributed by atoms with Gasteiger partial charge in [-0.3, -0.25) is 0 Å². The molecule has 0 radical (unpaired) electrons. The van der Waals surface area contributed by atoms with Gasteiger partial charge in [0.25, 0.3) is 0 Å². The van der Waals surface area contributed by atoms with Crippen molar-refractivity contribution in [3.63, 3.8) is 0 Å². The number of aliphatic hydroxyl groups excluding tert-OH is 1. The van der Waals surface area contributed by atoms with Crippen molar-refractivity contribution in [2.75, 3.05) is 0 Å². The van der Waals surface area contributed by atoms with Gasteiger partial charge in [0.15, 0.2) is 0 Å². The number of hydrogen-bond donors (Lipinski definition) is 1. The summed E-state index contributed by atoms with van der Waals surface area (Å²) in [6, 6.07) is 3.62. The largest absolute Gasteiger partial charge is 0.475 e. The molecule has 5 nitrogen and oxygen atoms in total. The average molecular weight is 238 g/mol. The Kier molecular flexibility index (Phi) is 4.90. The Bertz CT molecular complexity index is 372. The molecule has 1 unspecified atom stereocenters. The number of rotatable bonds is 5. The van der Waals surface area contributed by atoms with Gasteiger partial charge in [0.2, 0.25) is 12.2 Å². The van der Waals surface area contributed by atoms with E-state index in [2.05, 4.69) is 10.1 Å². The Morgan fingerprint density at radius 3 is 2.53 bits per heavy atom. The van der Waals surface area contributed by atoms with Crippen LogP contribution < -0.4 is 4.74 Å². The van der Waals surface area contributed by atoms with E-state index in [-0.39, 0.29) is 6.10 Å². The molecule has 0 aliphatic heterocycles. The van der Waals surface area contributed by atoms with Crippen LogP contribution in [-0.4, -0.2) is 28.2 Å². The number of nitrogens with zero attached hydrogens (tertiary/aromatic N) is 2. The first-order valence-electron chi connectivity index (χ1n) is 5.50. The van der Waals surface area contributed by atoms with Crippen LogP contribution >= 0.6 is 0 Å². The summed E-state index contributed by atoms with van der Waals surface area (Å²) >= 11 is 0. The van der Waals surface area contributed by atoms with Crippen LogP contribution in [0.2, 0.25) is 0 Å². The van der Waals surface area contributed by atoms with E-state index >= 15 is 0 Å². The van der Waals surface area contributed by atoms with Crippen LogP contribution in [0.3, 0.4) is 0 Å². The van der Waals surface area contributed by atoms with E-state index in [1.54, 1.807) is 19.2 Å². The van der Waals surface area contributed by atoms with Gasteiger partial charge in [-0.15, -0.1) is 0 Å². The third-order valence-electron chi connectivity index (χ3n) is 1.85. The molecule has 1 atom stereocenters. The highest BCUT2D eigenvalue weighted by Crippen LogP contribution is 2.10. The Morgan fingerprint density at radius 1 is 1.35 bits per heavy atom. The van der Waals surface area contributed by atoms with Gasteiger partial charge in [0.05, 0.1) is 11.8 Å². The average Bonchev–Trinajstić information content (AvgIpc) is 2.26. The van der Waals surface area contributed by atoms with Crippen LogP contribution in [-0.2, 0) is 4.84 Å². The van der Waals surface area contributed by atoms with Gasteiger partial charge >= 0.3 is 0 Å². The fourth-order valence-corrected chi connectivity index (χ4v) is 1.11. The number of aromatic nitrogens is 1. The van der Waals surface area contributed by atoms with Crippen molar-refractivity contribution in [2.24, 2.45) is 5.16 Å². The molecule has 0 bridgehead atoms. The Hall–Kier alpha value is -1.62. The molecular weight excluding hydrogens is 220 g/mol. The van der Waals surface area contributed by atoms with Crippen molar-refractivity contribution in [3.8, 4) is 5.88 Å². The van der Waals surface area contributed by atoms with Crippen LogP contribution in [0.1, 0.15) is 33.3 Å². The molecule has 0 amide bonds. The maximum Gasteiger partial charge on any atom is 0.221 e. The topological polar surface area (TPSA) is 63.9 Å². The summed E-state index contributed by atoms with van der Waals surface area (Å²) in [5.74, 6) is 0.577. The number of aliphatic hydroxyl groups is 1. The van der Waals surface area contributed by atoms with Crippen molar-refractivity contribution in [1.82, 2.24) is 4.98 Å². The van der Waals surface area contributed by atoms with Crippen LogP contribution in [0.25, 0.3) is 0 Å². The van der Waals surface area contributed by atoms with E-state index < -0.39 is 6.29 Å². The first-order chi connectivity index (χ1) is 7.99. The highest BCUT2D eigenvalue weighted by atomic mass is 16.7. The first kappa shape index (κ1) is 13.4. The highest BCUT2D eigenvalue weighted by molar-refractivity contribution is 5.98. The Labute approximate surface area is 101 Å². The van der Waals surface area contributed by atoms with Gasteiger partial charge in [0, 0.05) is 24.8 Å². The molecule has 1 heterocycles. The normalized spacial score (nSPS) is 13.6. The third kappa shape index (κ3) is 4.82. The van der Waals surface area contributed by atoms with Gasteiger partial charge in [-0.05, 0) is 26.8 Å². The standard InChI is InChI=1S/C12H18N2O3/c1-8(2)16-12-6-5-11(7-13-12)9(3)14-17-10(4)15/h5-8,10,15H,1-4H3. The molecule has 0 saturated heterocycles. The van der Waals surface area contributed by atoms with Crippen LogP contribution in [0.15, 0.2) is 23.5 Å². The van der Waals surface area contributed by atoms with Crippen molar-refractivity contribution < 1.29 is 14.7 Å².